The van der Waals surface area contributed by atoms with Crippen LogP contribution < -0.4 is 4.74 Å². The third-order valence-electron chi connectivity index (χ3n) is 6.25. The zero-order valence-electron chi connectivity index (χ0n) is 18.1. The van der Waals surface area contributed by atoms with E-state index in [9.17, 15) is 17.6 Å². The minimum atomic E-state index is -3.69. The zero-order chi connectivity index (χ0) is 22.7. The van der Waals surface area contributed by atoms with Crippen LogP contribution in [0.3, 0.4) is 0 Å². The summed E-state index contributed by atoms with van der Waals surface area (Å²) in [4.78, 5) is 17.0. The number of piperazine rings is 1. The maximum Gasteiger partial charge on any atom is 0.243 e. The molecule has 1 unspecified atom stereocenters. The Bertz CT molecular complexity index is 1040. The fourth-order valence-electron chi connectivity index (χ4n) is 4.43. The summed E-state index contributed by atoms with van der Waals surface area (Å²) in [5, 5.41) is 0. The van der Waals surface area contributed by atoms with Crippen LogP contribution in [-0.4, -0.2) is 74.8 Å². The number of sulfonamides is 1. The van der Waals surface area contributed by atoms with Crippen LogP contribution in [0, 0.1) is 5.82 Å². The van der Waals surface area contributed by atoms with E-state index in [4.69, 9.17) is 4.74 Å². The largest absolute Gasteiger partial charge is 0.497 e. The SMILES string of the molecule is COc1ccc(C2CCCN2CC(=O)N2CCN(S(=O)(=O)c3ccc(F)cc3)CC2)cc1. The van der Waals surface area contributed by atoms with Gasteiger partial charge >= 0.3 is 0 Å². The second kappa shape index (κ2) is 9.56. The third kappa shape index (κ3) is 4.79. The van der Waals surface area contributed by atoms with E-state index in [1.165, 1.54) is 22.0 Å². The molecule has 0 spiro atoms. The van der Waals surface area contributed by atoms with E-state index in [1.54, 1.807) is 12.0 Å². The lowest BCUT2D eigenvalue weighted by Crippen LogP contribution is -2.52. The normalized spacial score (nSPS) is 20.4. The molecule has 0 N–H and O–H groups in total. The first-order chi connectivity index (χ1) is 15.4. The van der Waals surface area contributed by atoms with Crippen molar-refractivity contribution in [1.82, 2.24) is 14.1 Å². The number of likely N-dealkylation sites (tertiary alicyclic amines) is 1. The standard InChI is InChI=1S/C23H28FN3O4S/c1-31-20-8-4-18(5-9-20)22-3-2-12-26(22)17-23(28)25-13-15-27(16-14-25)32(29,30)21-10-6-19(24)7-11-21/h4-11,22H,2-3,12-17H2,1H3. The van der Waals surface area contributed by atoms with Crippen LogP contribution in [0.1, 0.15) is 24.4 Å². The molecule has 4 rings (SSSR count). The monoisotopic (exact) mass is 461 g/mol. The number of benzene rings is 2. The molecule has 7 nitrogen and oxygen atoms in total. The van der Waals surface area contributed by atoms with Crippen molar-refractivity contribution in [2.75, 3.05) is 46.4 Å². The maximum absolute atomic E-state index is 13.1. The van der Waals surface area contributed by atoms with E-state index in [2.05, 4.69) is 4.90 Å². The smallest absolute Gasteiger partial charge is 0.243 e. The first-order valence-corrected chi connectivity index (χ1v) is 12.2. The summed E-state index contributed by atoms with van der Waals surface area (Å²) in [6.07, 6.45) is 2.04. The highest BCUT2D eigenvalue weighted by Crippen LogP contribution is 2.32. The summed E-state index contributed by atoms with van der Waals surface area (Å²) < 4.78 is 45.3. The molecule has 32 heavy (non-hydrogen) atoms. The lowest BCUT2D eigenvalue weighted by atomic mass is 10.0. The van der Waals surface area contributed by atoms with Gasteiger partial charge in [-0.3, -0.25) is 9.69 Å². The van der Waals surface area contributed by atoms with Gasteiger partial charge in [0.05, 0.1) is 18.6 Å². The molecule has 0 aliphatic carbocycles. The fourth-order valence-corrected chi connectivity index (χ4v) is 5.85. The van der Waals surface area contributed by atoms with Crippen molar-refractivity contribution in [1.29, 1.82) is 0 Å². The molecule has 0 saturated carbocycles. The molecular weight excluding hydrogens is 433 g/mol. The number of amides is 1. The number of nitrogens with zero attached hydrogens (tertiary/aromatic N) is 3. The van der Waals surface area contributed by atoms with Gasteiger partial charge in [-0.2, -0.15) is 4.31 Å². The van der Waals surface area contributed by atoms with Crippen molar-refractivity contribution >= 4 is 15.9 Å². The van der Waals surface area contributed by atoms with Crippen LogP contribution in [0.25, 0.3) is 0 Å². The molecular formula is C23H28FN3O4S. The summed E-state index contributed by atoms with van der Waals surface area (Å²) in [6, 6.07) is 13.0. The van der Waals surface area contributed by atoms with Gasteiger partial charge in [0.15, 0.2) is 0 Å². The Hall–Kier alpha value is -2.49. The summed E-state index contributed by atoms with van der Waals surface area (Å²) in [5.41, 5.74) is 1.17. The van der Waals surface area contributed by atoms with Crippen LogP contribution in [0.2, 0.25) is 0 Å². The molecule has 2 heterocycles. The van der Waals surface area contributed by atoms with Crippen molar-refractivity contribution in [2.24, 2.45) is 0 Å². The molecule has 0 aromatic heterocycles. The Morgan fingerprint density at radius 3 is 2.28 bits per heavy atom. The average Bonchev–Trinajstić information content (AvgIpc) is 3.27. The first kappa shape index (κ1) is 22.7. The molecule has 172 valence electrons. The Morgan fingerprint density at radius 2 is 1.66 bits per heavy atom. The summed E-state index contributed by atoms with van der Waals surface area (Å²) in [7, 11) is -2.05. The van der Waals surface area contributed by atoms with Crippen molar-refractivity contribution < 1.29 is 22.3 Å². The molecule has 9 heteroatoms. The minimum Gasteiger partial charge on any atom is -0.497 e. The van der Waals surface area contributed by atoms with Crippen molar-refractivity contribution in [3.05, 3.63) is 59.9 Å². The van der Waals surface area contributed by atoms with Crippen LogP contribution in [0.5, 0.6) is 5.75 Å². The highest BCUT2D eigenvalue weighted by atomic mass is 32.2. The predicted octanol–water partition coefficient (Wildman–Crippen LogP) is 2.50. The van der Waals surface area contributed by atoms with Crippen LogP contribution in [-0.2, 0) is 14.8 Å². The van der Waals surface area contributed by atoms with Gasteiger partial charge in [0, 0.05) is 32.2 Å². The number of rotatable bonds is 6. The highest BCUT2D eigenvalue weighted by molar-refractivity contribution is 7.89. The lowest BCUT2D eigenvalue weighted by molar-refractivity contribution is -0.133. The Morgan fingerprint density at radius 1 is 1.00 bits per heavy atom. The van der Waals surface area contributed by atoms with Crippen molar-refractivity contribution in [2.45, 2.75) is 23.8 Å². The quantitative estimate of drug-likeness (QED) is 0.661. The molecule has 2 aliphatic heterocycles. The molecule has 0 bridgehead atoms. The topological polar surface area (TPSA) is 70.2 Å². The Balaban J connectivity index is 1.34. The zero-order valence-corrected chi connectivity index (χ0v) is 18.9. The van der Waals surface area contributed by atoms with E-state index in [1.807, 2.05) is 24.3 Å². The van der Waals surface area contributed by atoms with Gasteiger partial charge < -0.3 is 9.64 Å². The number of hydrogen-bond donors (Lipinski definition) is 0. The van der Waals surface area contributed by atoms with Crippen molar-refractivity contribution in [3.63, 3.8) is 0 Å². The van der Waals surface area contributed by atoms with Crippen molar-refractivity contribution in [3.8, 4) is 5.75 Å². The van der Waals surface area contributed by atoms with Crippen LogP contribution in [0.4, 0.5) is 4.39 Å². The molecule has 2 aromatic rings. The minimum absolute atomic E-state index is 0.0178. The van der Waals surface area contributed by atoms with E-state index in [-0.39, 0.29) is 29.9 Å². The molecule has 2 saturated heterocycles. The van der Waals surface area contributed by atoms with E-state index >= 15 is 0 Å². The highest BCUT2D eigenvalue weighted by Gasteiger charge is 2.33. The van der Waals surface area contributed by atoms with Gasteiger partial charge in [-0.1, -0.05) is 12.1 Å². The molecule has 2 aliphatic rings. The fraction of sp³-hybridized carbons (Fsp3) is 0.435. The van der Waals surface area contributed by atoms with Crippen LogP contribution in [0.15, 0.2) is 53.4 Å². The van der Waals surface area contributed by atoms with E-state index in [0.29, 0.717) is 19.6 Å². The van der Waals surface area contributed by atoms with Gasteiger partial charge in [-0.25, -0.2) is 12.8 Å². The second-order valence-electron chi connectivity index (χ2n) is 8.14. The molecule has 0 radical (unpaired) electrons. The van der Waals surface area contributed by atoms with Gasteiger partial charge in [0.2, 0.25) is 15.9 Å². The summed E-state index contributed by atoms with van der Waals surface area (Å²) >= 11 is 0. The number of carbonyl (C=O) groups excluding carboxylic acids is 1. The van der Waals surface area contributed by atoms with Crippen LogP contribution >= 0.6 is 0 Å². The molecule has 2 aromatic carbocycles. The number of hydrogen-bond acceptors (Lipinski definition) is 5. The molecule has 2 fully saturated rings. The molecule has 1 amide bonds. The van der Waals surface area contributed by atoms with Gasteiger partial charge in [-0.15, -0.1) is 0 Å². The van der Waals surface area contributed by atoms with E-state index < -0.39 is 15.8 Å². The summed E-state index contributed by atoms with van der Waals surface area (Å²) in [5.74, 6) is 0.348. The number of ether oxygens (including phenoxy) is 1. The first-order valence-electron chi connectivity index (χ1n) is 10.8. The number of methoxy groups -OCH3 is 1. The lowest BCUT2D eigenvalue weighted by Gasteiger charge is -2.35. The van der Waals surface area contributed by atoms with Gasteiger partial charge in [-0.05, 0) is 61.3 Å². The Kier molecular flexibility index (Phi) is 6.78. The maximum atomic E-state index is 13.1. The number of carbonyl (C=O) groups is 1. The van der Waals surface area contributed by atoms with E-state index in [0.717, 1.165) is 37.3 Å². The third-order valence-corrected chi connectivity index (χ3v) is 8.16. The van der Waals surface area contributed by atoms with Gasteiger partial charge in [0.25, 0.3) is 0 Å². The predicted molar refractivity (Wildman–Crippen MR) is 118 cm³/mol. The molecule has 1 atom stereocenters. The number of halogens is 1. The summed E-state index contributed by atoms with van der Waals surface area (Å²) in [6.45, 7) is 2.34. The van der Waals surface area contributed by atoms with Gasteiger partial charge in [0.1, 0.15) is 11.6 Å². The second-order valence-corrected chi connectivity index (χ2v) is 10.1. The average molecular weight is 462 g/mol. The Labute approximate surface area is 188 Å².